The first-order chi connectivity index (χ1) is 8.70. The van der Waals surface area contributed by atoms with Crippen LogP contribution in [-0.4, -0.2) is 11.0 Å². The zero-order valence-electron chi connectivity index (χ0n) is 9.34. The van der Waals surface area contributed by atoms with Crippen molar-refractivity contribution in [3.8, 4) is 5.75 Å². The molecule has 0 saturated carbocycles. The molecule has 0 spiro atoms. The van der Waals surface area contributed by atoms with E-state index in [9.17, 15) is 0 Å². The smallest absolute Gasteiger partial charge is 0.173 e. The van der Waals surface area contributed by atoms with Crippen molar-refractivity contribution in [2.45, 2.75) is 6.61 Å². The lowest BCUT2D eigenvalue weighted by Gasteiger charge is -2.10. The van der Waals surface area contributed by atoms with Crippen molar-refractivity contribution in [3.63, 3.8) is 0 Å². The predicted octanol–water partition coefficient (Wildman–Crippen LogP) is 3.18. The summed E-state index contributed by atoms with van der Waals surface area (Å²) in [7, 11) is 0. The third-order valence-electron chi connectivity index (χ3n) is 2.30. The van der Waals surface area contributed by atoms with Crippen molar-refractivity contribution in [2.24, 2.45) is 10.9 Å². The fourth-order valence-corrected chi connectivity index (χ4v) is 2.43. The van der Waals surface area contributed by atoms with Crippen LogP contribution in [0.2, 0.25) is 0 Å². The van der Waals surface area contributed by atoms with E-state index in [1.807, 2.05) is 22.9 Å². The standard InChI is InChI=1S/C12H11BrN2O2S/c13-9-1-2-11(10(5-9)12(14)15-16)17-6-8-3-4-18-7-8/h1-5,7,16H,6H2,(H2,14,15). The van der Waals surface area contributed by atoms with E-state index in [0.717, 1.165) is 10.0 Å². The van der Waals surface area contributed by atoms with Gasteiger partial charge in [-0.05, 0) is 40.6 Å². The highest BCUT2D eigenvalue weighted by Crippen LogP contribution is 2.24. The third kappa shape index (κ3) is 3.02. The fourth-order valence-electron chi connectivity index (χ4n) is 1.42. The topological polar surface area (TPSA) is 67.8 Å². The average Bonchev–Trinajstić information content (AvgIpc) is 2.89. The van der Waals surface area contributed by atoms with E-state index < -0.39 is 0 Å². The Balaban J connectivity index is 2.21. The van der Waals surface area contributed by atoms with Crippen LogP contribution in [-0.2, 0) is 6.61 Å². The van der Waals surface area contributed by atoms with Gasteiger partial charge in [0, 0.05) is 4.47 Å². The second-order valence-corrected chi connectivity index (χ2v) is 5.24. The van der Waals surface area contributed by atoms with Crippen LogP contribution in [0.5, 0.6) is 5.75 Å². The molecule has 0 saturated heterocycles. The Bertz CT molecular complexity index is 555. The zero-order chi connectivity index (χ0) is 13.0. The summed E-state index contributed by atoms with van der Waals surface area (Å²) >= 11 is 4.95. The molecule has 1 heterocycles. The van der Waals surface area contributed by atoms with Gasteiger partial charge in [0.15, 0.2) is 5.84 Å². The number of halogens is 1. The molecule has 0 radical (unpaired) electrons. The summed E-state index contributed by atoms with van der Waals surface area (Å²) in [4.78, 5) is 0. The molecular weight excluding hydrogens is 316 g/mol. The van der Waals surface area contributed by atoms with Crippen molar-refractivity contribution in [3.05, 3.63) is 50.6 Å². The Hall–Kier alpha value is -1.53. The Morgan fingerprint density at radius 1 is 1.44 bits per heavy atom. The van der Waals surface area contributed by atoms with Crippen LogP contribution >= 0.6 is 27.3 Å². The van der Waals surface area contributed by atoms with Gasteiger partial charge in [-0.15, -0.1) is 0 Å². The molecule has 94 valence electrons. The molecule has 18 heavy (non-hydrogen) atoms. The maximum Gasteiger partial charge on any atom is 0.173 e. The number of nitrogens with two attached hydrogens (primary N) is 1. The largest absolute Gasteiger partial charge is 0.488 e. The minimum atomic E-state index is 0.0246. The van der Waals surface area contributed by atoms with Crippen LogP contribution in [0.4, 0.5) is 0 Å². The average molecular weight is 327 g/mol. The molecule has 4 nitrogen and oxygen atoms in total. The number of hydrogen-bond donors (Lipinski definition) is 2. The van der Waals surface area contributed by atoms with E-state index in [0.29, 0.717) is 17.9 Å². The normalized spacial score (nSPS) is 11.5. The highest BCUT2D eigenvalue weighted by Gasteiger charge is 2.09. The van der Waals surface area contributed by atoms with Crippen molar-refractivity contribution in [2.75, 3.05) is 0 Å². The van der Waals surface area contributed by atoms with Crippen LogP contribution in [0.25, 0.3) is 0 Å². The Morgan fingerprint density at radius 3 is 2.94 bits per heavy atom. The highest BCUT2D eigenvalue weighted by atomic mass is 79.9. The molecule has 0 aliphatic rings. The first-order valence-corrected chi connectivity index (χ1v) is 6.85. The molecule has 0 fully saturated rings. The summed E-state index contributed by atoms with van der Waals surface area (Å²) in [6, 6.07) is 7.37. The van der Waals surface area contributed by atoms with E-state index in [1.54, 1.807) is 23.5 Å². The molecule has 1 aromatic carbocycles. The third-order valence-corrected chi connectivity index (χ3v) is 3.53. The van der Waals surface area contributed by atoms with Gasteiger partial charge in [-0.3, -0.25) is 0 Å². The van der Waals surface area contributed by atoms with E-state index in [-0.39, 0.29) is 5.84 Å². The van der Waals surface area contributed by atoms with Gasteiger partial charge in [-0.1, -0.05) is 21.1 Å². The van der Waals surface area contributed by atoms with Gasteiger partial charge in [0.1, 0.15) is 12.4 Å². The number of nitrogens with zero attached hydrogens (tertiary/aromatic N) is 1. The molecule has 0 atom stereocenters. The number of amidine groups is 1. The van der Waals surface area contributed by atoms with Gasteiger partial charge in [0.05, 0.1) is 5.56 Å². The summed E-state index contributed by atoms with van der Waals surface area (Å²) in [5.74, 6) is 0.608. The summed E-state index contributed by atoms with van der Waals surface area (Å²) in [5.41, 5.74) is 7.26. The maximum atomic E-state index is 8.75. The van der Waals surface area contributed by atoms with Gasteiger partial charge >= 0.3 is 0 Å². The van der Waals surface area contributed by atoms with E-state index in [1.165, 1.54) is 0 Å². The number of benzene rings is 1. The van der Waals surface area contributed by atoms with Gasteiger partial charge in [0.25, 0.3) is 0 Å². The SMILES string of the molecule is N/C(=N/O)c1cc(Br)ccc1OCc1ccsc1. The monoisotopic (exact) mass is 326 g/mol. The summed E-state index contributed by atoms with van der Waals surface area (Å²) < 4.78 is 6.51. The minimum absolute atomic E-state index is 0.0246. The number of ether oxygens (including phenoxy) is 1. The van der Waals surface area contributed by atoms with Crippen LogP contribution in [0.3, 0.4) is 0 Å². The summed E-state index contributed by atoms with van der Waals surface area (Å²) in [6.45, 7) is 0.455. The van der Waals surface area contributed by atoms with Gasteiger partial charge in [0.2, 0.25) is 0 Å². The molecule has 0 aliphatic heterocycles. The Morgan fingerprint density at radius 2 is 2.28 bits per heavy atom. The van der Waals surface area contributed by atoms with Gasteiger partial charge in [-0.25, -0.2) is 0 Å². The first kappa shape index (κ1) is 12.9. The first-order valence-electron chi connectivity index (χ1n) is 5.12. The minimum Gasteiger partial charge on any atom is -0.488 e. The van der Waals surface area contributed by atoms with E-state index in [2.05, 4.69) is 21.1 Å². The molecule has 0 unspecified atom stereocenters. The molecule has 6 heteroatoms. The second-order valence-electron chi connectivity index (χ2n) is 3.55. The fraction of sp³-hybridized carbons (Fsp3) is 0.0833. The van der Waals surface area contributed by atoms with Crippen LogP contribution in [0.15, 0.2) is 44.7 Å². The van der Waals surface area contributed by atoms with Crippen molar-refractivity contribution in [1.82, 2.24) is 0 Å². The van der Waals surface area contributed by atoms with Crippen molar-refractivity contribution < 1.29 is 9.94 Å². The maximum absolute atomic E-state index is 8.75. The lowest BCUT2D eigenvalue weighted by molar-refractivity contribution is 0.303. The summed E-state index contributed by atoms with van der Waals surface area (Å²) in [5, 5.41) is 15.8. The molecule has 0 amide bonds. The van der Waals surface area contributed by atoms with Crippen molar-refractivity contribution >= 4 is 33.1 Å². The molecular formula is C12H11BrN2O2S. The van der Waals surface area contributed by atoms with Crippen LogP contribution < -0.4 is 10.5 Å². The quantitative estimate of drug-likeness (QED) is 0.392. The lowest BCUT2D eigenvalue weighted by Crippen LogP contribution is -2.14. The molecule has 3 N–H and O–H groups in total. The van der Waals surface area contributed by atoms with Crippen LogP contribution in [0, 0.1) is 0 Å². The van der Waals surface area contributed by atoms with Crippen LogP contribution in [0.1, 0.15) is 11.1 Å². The molecule has 0 bridgehead atoms. The Kier molecular flexibility index (Phi) is 4.22. The van der Waals surface area contributed by atoms with Gasteiger partial charge in [-0.2, -0.15) is 11.3 Å². The van der Waals surface area contributed by atoms with Crippen molar-refractivity contribution in [1.29, 1.82) is 0 Å². The highest BCUT2D eigenvalue weighted by molar-refractivity contribution is 9.10. The van der Waals surface area contributed by atoms with E-state index in [4.69, 9.17) is 15.7 Å². The number of rotatable bonds is 4. The predicted molar refractivity (Wildman–Crippen MR) is 75.3 cm³/mol. The van der Waals surface area contributed by atoms with E-state index >= 15 is 0 Å². The second kappa shape index (κ2) is 5.88. The number of oxime groups is 1. The lowest BCUT2D eigenvalue weighted by atomic mass is 10.2. The van der Waals surface area contributed by atoms with Gasteiger partial charge < -0.3 is 15.7 Å². The Labute approximate surface area is 117 Å². The number of thiophene rings is 1. The number of hydrogen-bond acceptors (Lipinski definition) is 4. The molecule has 2 aromatic rings. The molecule has 0 aliphatic carbocycles. The molecule has 2 rings (SSSR count). The molecule has 1 aromatic heterocycles. The summed E-state index contributed by atoms with van der Waals surface area (Å²) in [6.07, 6.45) is 0. The zero-order valence-corrected chi connectivity index (χ0v) is 11.7.